The van der Waals surface area contributed by atoms with Gasteiger partial charge in [-0.05, 0) is 18.6 Å². The van der Waals surface area contributed by atoms with Gasteiger partial charge in [0.05, 0.1) is 12.1 Å². The summed E-state index contributed by atoms with van der Waals surface area (Å²) < 4.78 is 0. The lowest BCUT2D eigenvalue weighted by Gasteiger charge is -1.95. The SMILES string of the molecule is Cc1c(-c2cc[nH]c2)n[nH]c1CC(=O)O. The van der Waals surface area contributed by atoms with Crippen LogP contribution in [0.5, 0.6) is 0 Å². The van der Waals surface area contributed by atoms with Crippen LogP contribution in [0.4, 0.5) is 0 Å². The molecule has 0 aliphatic carbocycles. The molecule has 2 rings (SSSR count). The van der Waals surface area contributed by atoms with Crippen molar-refractivity contribution in [1.29, 1.82) is 0 Å². The van der Waals surface area contributed by atoms with E-state index < -0.39 is 5.97 Å². The van der Waals surface area contributed by atoms with Gasteiger partial charge in [-0.25, -0.2) is 0 Å². The van der Waals surface area contributed by atoms with Crippen LogP contribution in [0.15, 0.2) is 18.5 Å². The largest absolute Gasteiger partial charge is 0.481 e. The highest BCUT2D eigenvalue weighted by Crippen LogP contribution is 2.22. The van der Waals surface area contributed by atoms with Crippen molar-refractivity contribution in [2.45, 2.75) is 13.3 Å². The number of aromatic amines is 2. The van der Waals surface area contributed by atoms with Gasteiger partial charge in [-0.2, -0.15) is 5.10 Å². The fraction of sp³-hybridized carbons (Fsp3) is 0.200. The highest BCUT2D eigenvalue weighted by atomic mass is 16.4. The molecule has 0 spiro atoms. The van der Waals surface area contributed by atoms with Gasteiger partial charge in [0, 0.05) is 23.7 Å². The monoisotopic (exact) mass is 205 g/mol. The molecule has 5 nitrogen and oxygen atoms in total. The Bertz CT molecular complexity index is 471. The maximum absolute atomic E-state index is 10.6. The van der Waals surface area contributed by atoms with Gasteiger partial charge >= 0.3 is 5.97 Å². The van der Waals surface area contributed by atoms with E-state index in [0.29, 0.717) is 5.69 Å². The minimum Gasteiger partial charge on any atom is -0.481 e. The molecule has 0 aromatic carbocycles. The van der Waals surface area contributed by atoms with Crippen LogP contribution >= 0.6 is 0 Å². The molecule has 0 aliphatic heterocycles. The third-order valence-corrected chi connectivity index (χ3v) is 2.31. The number of carbonyl (C=O) groups is 1. The van der Waals surface area contributed by atoms with Crippen molar-refractivity contribution in [3.8, 4) is 11.3 Å². The predicted octanol–water partition coefficient (Wildman–Crippen LogP) is 1.34. The van der Waals surface area contributed by atoms with Crippen LogP contribution < -0.4 is 0 Å². The zero-order valence-corrected chi connectivity index (χ0v) is 8.24. The van der Waals surface area contributed by atoms with Crippen molar-refractivity contribution in [2.24, 2.45) is 0 Å². The summed E-state index contributed by atoms with van der Waals surface area (Å²) in [6.07, 6.45) is 3.61. The number of rotatable bonds is 3. The zero-order chi connectivity index (χ0) is 10.8. The first kappa shape index (κ1) is 9.51. The molecular formula is C10H11N3O2. The van der Waals surface area contributed by atoms with E-state index in [0.717, 1.165) is 16.8 Å². The van der Waals surface area contributed by atoms with Crippen molar-refractivity contribution in [1.82, 2.24) is 15.2 Å². The third-order valence-electron chi connectivity index (χ3n) is 2.31. The maximum atomic E-state index is 10.6. The number of nitrogens with one attached hydrogen (secondary N) is 2. The van der Waals surface area contributed by atoms with Crippen molar-refractivity contribution < 1.29 is 9.90 Å². The summed E-state index contributed by atoms with van der Waals surface area (Å²) >= 11 is 0. The smallest absolute Gasteiger partial charge is 0.309 e. The highest BCUT2D eigenvalue weighted by molar-refractivity contribution is 5.72. The molecule has 0 unspecified atom stereocenters. The van der Waals surface area contributed by atoms with Gasteiger partial charge in [-0.15, -0.1) is 0 Å². The minimum atomic E-state index is -0.859. The summed E-state index contributed by atoms with van der Waals surface area (Å²) in [5, 5.41) is 15.5. The summed E-state index contributed by atoms with van der Waals surface area (Å²) in [6, 6.07) is 1.90. The van der Waals surface area contributed by atoms with Crippen LogP contribution in [0.2, 0.25) is 0 Å². The van der Waals surface area contributed by atoms with E-state index in [1.807, 2.05) is 19.2 Å². The molecule has 2 aromatic rings. The highest BCUT2D eigenvalue weighted by Gasteiger charge is 2.12. The zero-order valence-electron chi connectivity index (χ0n) is 8.24. The fourth-order valence-electron chi connectivity index (χ4n) is 1.51. The molecular weight excluding hydrogens is 194 g/mol. The first-order valence-electron chi connectivity index (χ1n) is 4.57. The van der Waals surface area contributed by atoms with Crippen LogP contribution in [0.25, 0.3) is 11.3 Å². The number of aromatic nitrogens is 3. The molecule has 0 atom stereocenters. The molecule has 5 heteroatoms. The fourth-order valence-corrected chi connectivity index (χ4v) is 1.51. The molecule has 78 valence electrons. The Hall–Kier alpha value is -2.04. The van der Waals surface area contributed by atoms with Gasteiger partial charge in [0.25, 0.3) is 0 Å². The second kappa shape index (κ2) is 3.61. The standard InChI is InChI=1S/C10H11N3O2/c1-6-8(4-9(14)15)12-13-10(6)7-2-3-11-5-7/h2-3,5,11H,4H2,1H3,(H,12,13)(H,14,15). The normalized spacial score (nSPS) is 10.5. The molecule has 3 N–H and O–H groups in total. The molecule has 0 amide bonds. The summed E-state index contributed by atoms with van der Waals surface area (Å²) in [5.74, 6) is -0.859. The van der Waals surface area contributed by atoms with Gasteiger partial charge in [0.2, 0.25) is 0 Å². The van der Waals surface area contributed by atoms with E-state index in [-0.39, 0.29) is 6.42 Å². The van der Waals surface area contributed by atoms with Crippen LogP contribution in [0.1, 0.15) is 11.3 Å². The maximum Gasteiger partial charge on any atom is 0.309 e. The van der Waals surface area contributed by atoms with Gasteiger partial charge in [0.15, 0.2) is 0 Å². The van der Waals surface area contributed by atoms with Gasteiger partial charge in [-0.1, -0.05) is 0 Å². The van der Waals surface area contributed by atoms with E-state index in [1.165, 1.54) is 0 Å². The Kier molecular flexibility index (Phi) is 2.29. The Morgan fingerprint density at radius 2 is 2.40 bits per heavy atom. The average molecular weight is 205 g/mol. The number of nitrogens with zero attached hydrogens (tertiary/aromatic N) is 1. The number of carboxylic acids is 1. The van der Waals surface area contributed by atoms with Crippen LogP contribution in [0.3, 0.4) is 0 Å². The van der Waals surface area contributed by atoms with Crippen molar-refractivity contribution >= 4 is 5.97 Å². The van der Waals surface area contributed by atoms with E-state index in [9.17, 15) is 4.79 Å². The van der Waals surface area contributed by atoms with Crippen LogP contribution in [0, 0.1) is 6.92 Å². The lowest BCUT2D eigenvalue weighted by molar-refractivity contribution is -0.136. The summed E-state index contributed by atoms with van der Waals surface area (Å²) in [4.78, 5) is 13.5. The predicted molar refractivity (Wildman–Crippen MR) is 54.5 cm³/mol. The van der Waals surface area contributed by atoms with Crippen LogP contribution in [-0.4, -0.2) is 26.3 Å². The molecule has 0 fully saturated rings. The van der Waals surface area contributed by atoms with Crippen LogP contribution in [-0.2, 0) is 11.2 Å². The first-order valence-corrected chi connectivity index (χ1v) is 4.57. The topological polar surface area (TPSA) is 81.8 Å². The van der Waals surface area contributed by atoms with Gasteiger partial charge in [0.1, 0.15) is 0 Å². The Balaban J connectivity index is 2.36. The molecule has 0 saturated carbocycles. The Labute approximate surface area is 86.1 Å². The second-order valence-electron chi connectivity index (χ2n) is 3.35. The molecule has 0 radical (unpaired) electrons. The number of aliphatic carboxylic acids is 1. The lowest BCUT2D eigenvalue weighted by Crippen LogP contribution is -2.01. The minimum absolute atomic E-state index is 0.0245. The summed E-state index contributed by atoms with van der Waals surface area (Å²) in [6.45, 7) is 1.87. The van der Waals surface area contributed by atoms with Crippen molar-refractivity contribution in [2.75, 3.05) is 0 Å². The number of carboxylic acid groups (broad SMARTS) is 1. The van der Waals surface area contributed by atoms with Crippen molar-refractivity contribution in [3.05, 3.63) is 29.7 Å². The Morgan fingerprint density at radius 1 is 1.60 bits per heavy atom. The molecule has 0 aliphatic rings. The van der Waals surface area contributed by atoms with E-state index in [1.54, 1.807) is 6.20 Å². The summed E-state index contributed by atoms with van der Waals surface area (Å²) in [7, 11) is 0. The molecule has 15 heavy (non-hydrogen) atoms. The molecule has 0 saturated heterocycles. The van der Waals surface area contributed by atoms with Gasteiger partial charge < -0.3 is 10.1 Å². The third kappa shape index (κ3) is 1.76. The number of hydrogen-bond donors (Lipinski definition) is 3. The van der Waals surface area contributed by atoms with E-state index in [2.05, 4.69) is 15.2 Å². The quantitative estimate of drug-likeness (QED) is 0.707. The molecule has 0 bridgehead atoms. The van der Waals surface area contributed by atoms with E-state index >= 15 is 0 Å². The number of H-pyrrole nitrogens is 2. The average Bonchev–Trinajstić information content (AvgIpc) is 2.76. The van der Waals surface area contributed by atoms with E-state index in [4.69, 9.17) is 5.11 Å². The second-order valence-corrected chi connectivity index (χ2v) is 3.35. The number of hydrogen-bond acceptors (Lipinski definition) is 2. The van der Waals surface area contributed by atoms with Gasteiger partial charge in [-0.3, -0.25) is 9.89 Å². The molecule has 2 aromatic heterocycles. The lowest BCUT2D eigenvalue weighted by atomic mass is 10.1. The Morgan fingerprint density at radius 3 is 3.00 bits per heavy atom. The summed E-state index contributed by atoms with van der Waals surface area (Å²) in [5.41, 5.74) is 3.29. The molecule has 2 heterocycles. The first-order chi connectivity index (χ1) is 7.18. The van der Waals surface area contributed by atoms with Crippen molar-refractivity contribution in [3.63, 3.8) is 0 Å².